The number of hydrogen-bond donors (Lipinski definition) is 1. The minimum Gasteiger partial charge on any atom is -0.278 e. The quantitative estimate of drug-likeness (QED) is 0.870. The van der Waals surface area contributed by atoms with Gasteiger partial charge in [0.1, 0.15) is 0 Å². The Hall–Kier alpha value is -1.40. The smallest absolute Gasteiger partial charge is 0.261 e. The number of pyridine rings is 1. The molecular weight excluding hydrogens is 328 g/mol. The average Bonchev–Trinajstić information content (AvgIpc) is 2.38. The summed E-state index contributed by atoms with van der Waals surface area (Å²) in [5, 5.41) is 0.697. The van der Waals surface area contributed by atoms with Crippen molar-refractivity contribution in [3.63, 3.8) is 0 Å². The number of nitrogens with zero attached hydrogens (tertiary/aromatic N) is 1. The summed E-state index contributed by atoms with van der Waals surface area (Å²) in [5.41, 5.74) is 2.38. The third-order valence-electron chi connectivity index (χ3n) is 2.52. The Morgan fingerprint density at radius 2 is 1.89 bits per heavy atom. The number of alkyl halides is 1. The van der Waals surface area contributed by atoms with Crippen molar-refractivity contribution in [2.45, 2.75) is 17.1 Å². The first-order valence-corrected chi connectivity index (χ1v) is 8.21. The molecule has 0 spiro atoms. The van der Waals surface area contributed by atoms with Gasteiger partial charge in [-0.3, -0.25) is 9.71 Å². The van der Waals surface area contributed by atoms with E-state index in [1.165, 1.54) is 6.20 Å². The monoisotopic (exact) mass is 340 g/mol. The van der Waals surface area contributed by atoms with Crippen molar-refractivity contribution < 1.29 is 8.42 Å². The van der Waals surface area contributed by atoms with Crippen LogP contribution >= 0.6 is 15.9 Å². The van der Waals surface area contributed by atoms with Crippen LogP contribution in [0.2, 0.25) is 0 Å². The van der Waals surface area contributed by atoms with Crippen LogP contribution in [0.25, 0.3) is 0 Å². The van der Waals surface area contributed by atoms with Gasteiger partial charge in [0, 0.05) is 11.5 Å². The predicted molar refractivity (Wildman–Crippen MR) is 78.9 cm³/mol. The van der Waals surface area contributed by atoms with E-state index in [1.54, 1.807) is 36.5 Å². The molecule has 0 fully saturated rings. The second-order valence-electron chi connectivity index (χ2n) is 4.13. The van der Waals surface area contributed by atoms with Gasteiger partial charge in [-0.15, -0.1) is 0 Å². The zero-order valence-electron chi connectivity index (χ0n) is 10.3. The molecule has 0 radical (unpaired) electrons. The fraction of sp³-hybridized carbons (Fsp3) is 0.154. The summed E-state index contributed by atoms with van der Waals surface area (Å²) in [6, 6.07) is 8.46. The molecule has 19 heavy (non-hydrogen) atoms. The fourth-order valence-corrected chi connectivity index (χ4v) is 2.99. The van der Waals surface area contributed by atoms with Gasteiger partial charge in [-0.1, -0.05) is 28.1 Å². The third-order valence-corrected chi connectivity index (χ3v) is 4.56. The first-order valence-electron chi connectivity index (χ1n) is 5.60. The molecule has 2 rings (SSSR count). The Labute approximate surface area is 121 Å². The molecule has 100 valence electrons. The van der Waals surface area contributed by atoms with Crippen LogP contribution in [-0.4, -0.2) is 13.4 Å². The van der Waals surface area contributed by atoms with Crippen molar-refractivity contribution in [1.82, 2.24) is 4.98 Å². The topological polar surface area (TPSA) is 59.1 Å². The fourth-order valence-electron chi connectivity index (χ4n) is 1.58. The molecule has 2 aromatic rings. The lowest BCUT2D eigenvalue weighted by Crippen LogP contribution is -2.13. The van der Waals surface area contributed by atoms with Gasteiger partial charge in [0.2, 0.25) is 0 Å². The van der Waals surface area contributed by atoms with Crippen LogP contribution in [0.15, 0.2) is 47.6 Å². The molecule has 1 N–H and O–H groups in total. The largest absolute Gasteiger partial charge is 0.278 e. The standard InChI is InChI=1S/C13H13BrN2O2S/c1-10-6-12(9-15-8-10)16-19(17,18)13-4-2-11(7-14)3-5-13/h2-6,8-9,16H,7H2,1H3. The van der Waals surface area contributed by atoms with Crippen LogP contribution in [-0.2, 0) is 15.4 Å². The van der Waals surface area contributed by atoms with Gasteiger partial charge < -0.3 is 0 Å². The molecule has 0 bridgehead atoms. The van der Waals surface area contributed by atoms with Crippen LogP contribution in [0.4, 0.5) is 5.69 Å². The average molecular weight is 341 g/mol. The number of aryl methyl sites for hydroxylation is 1. The normalized spacial score (nSPS) is 11.3. The van der Waals surface area contributed by atoms with E-state index in [4.69, 9.17) is 0 Å². The molecule has 0 amide bonds. The number of sulfonamides is 1. The molecule has 0 saturated heterocycles. The second kappa shape index (κ2) is 5.71. The highest BCUT2D eigenvalue weighted by atomic mass is 79.9. The van der Waals surface area contributed by atoms with Crippen LogP contribution < -0.4 is 4.72 Å². The minimum atomic E-state index is -3.56. The van der Waals surface area contributed by atoms with Gasteiger partial charge in [-0.05, 0) is 36.2 Å². The lowest BCUT2D eigenvalue weighted by molar-refractivity contribution is 0.601. The van der Waals surface area contributed by atoms with E-state index in [9.17, 15) is 8.42 Å². The number of rotatable bonds is 4. The molecule has 1 heterocycles. The molecule has 1 aromatic heterocycles. The van der Waals surface area contributed by atoms with Gasteiger partial charge >= 0.3 is 0 Å². The lowest BCUT2D eigenvalue weighted by Gasteiger charge is -2.08. The Bertz CT molecular complexity index is 669. The van der Waals surface area contributed by atoms with Crippen molar-refractivity contribution in [3.8, 4) is 0 Å². The molecular formula is C13H13BrN2O2S. The van der Waals surface area contributed by atoms with E-state index in [0.29, 0.717) is 11.0 Å². The van der Waals surface area contributed by atoms with Crippen molar-refractivity contribution >= 4 is 31.6 Å². The first-order chi connectivity index (χ1) is 9.01. The van der Waals surface area contributed by atoms with E-state index in [1.807, 2.05) is 6.92 Å². The summed E-state index contributed by atoms with van der Waals surface area (Å²) < 4.78 is 26.8. The van der Waals surface area contributed by atoms with E-state index >= 15 is 0 Å². The molecule has 0 aliphatic carbocycles. The molecule has 4 nitrogen and oxygen atoms in total. The summed E-state index contributed by atoms with van der Waals surface area (Å²) in [6.45, 7) is 1.86. The van der Waals surface area contributed by atoms with Crippen LogP contribution in [0.5, 0.6) is 0 Å². The second-order valence-corrected chi connectivity index (χ2v) is 6.38. The maximum atomic E-state index is 12.2. The number of nitrogens with one attached hydrogen (secondary N) is 1. The number of aromatic nitrogens is 1. The zero-order valence-corrected chi connectivity index (χ0v) is 12.7. The molecule has 6 heteroatoms. The number of benzene rings is 1. The van der Waals surface area contributed by atoms with Crippen molar-refractivity contribution in [1.29, 1.82) is 0 Å². The SMILES string of the molecule is Cc1cncc(NS(=O)(=O)c2ccc(CBr)cc2)c1. The zero-order chi connectivity index (χ0) is 13.9. The van der Waals surface area contributed by atoms with E-state index in [2.05, 4.69) is 25.6 Å². The summed E-state index contributed by atoms with van der Waals surface area (Å²) in [5.74, 6) is 0. The van der Waals surface area contributed by atoms with Gasteiger partial charge in [0.15, 0.2) is 0 Å². The summed E-state index contributed by atoms with van der Waals surface area (Å²) in [6.07, 6.45) is 3.15. The molecule has 0 aliphatic heterocycles. The summed E-state index contributed by atoms with van der Waals surface area (Å²) in [4.78, 5) is 4.19. The lowest BCUT2D eigenvalue weighted by atomic mass is 10.2. The molecule has 0 atom stereocenters. The van der Waals surface area contributed by atoms with E-state index < -0.39 is 10.0 Å². The van der Waals surface area contributed by atoms with Gasteiger partial charge in [0.25, 0.3) is 10.0 Å². The number of anilines is 1. The van der Waals surface area contributed by atoms with E-state index in [-0.39, 0.29) is 4.90 Å². The van der Waals surface area contributed by atoms with Crippen molar-refractivity contribution in [3.05, 3.63) is 53.9 Å². The Morgan fingerprint density at radius 3 is 2.47 bits per heavy atom. The third kappa shape index (κ3) is 3.54. The Morgan fingerprint density at radius 1 is 1.21 bits per heavy atom. The maximum absolute atomic E-state index is 12.2. The molecule has 0 aliphatic rings. The van der Waals surface area contributed by atoms with E-state index in [0.717, 1.165) is 11.1 Å². The highest BCUT2D eigenvalue weighted by Crippen LogP contribution is 2.17. The number of halogens is 1. The Kier molecular flexibility index (Phi) is 4.21. The molecule has 0 saturated carbocycles. The van der Waals surface area contributed by atoms with Crippen molar-refractivity contribution in [2.75, 3.05) is 4.72 Å². The van der Waals surface area contributed by atoms with Crippen LogP contribution in [0, 0.1) is 6.92 Å². The van der Waals surface area contributed by atoms with Gasteiger partial charge in [-0.25, -0.2) is 8.42 Å². The van der Waals surface area contributed by atoms with Gasteiger partial charge in [-0.2, -0.15) is 0 Å². The summed E-state index contributed by atoms with van der Waals surface area (Å²) in [7, 11) is -3.56. The maximum Gasteiger partial charge on any atom is 0.261 e. The van der Waals surface area contributed by atoms with Crippen LogP contribution in [0.1, 0.15) is 11.1 Å². The highest BCUT2D eigenvalue weighted by molar-refractivity contribution is 9.08. The van der Waals surface area contributed by atoms with Gasteiger partial charge in [0.05, 0.1) is 16.8 Å². The molecule has 0 unspecified atom stereocenters. The minimum absolute atomic E-state index is 0.235. The first kappa shape index (κ1) is 14.0. The summed E-state index contributed by atoms with van der Waals surface area (Å²) >= 11 is 3.32. The molecule has 1 aromatic carbocycles. The predicted octanol–water partition coefficient (Wildman–Crippen LogP) is 3.09. The van der Waals surface area contributed by atoms with Crippen molar-refractivity contribution in [2.24, 2.45) is 0 Å². The highest BCUT2D eigenvalue weighted by Gasteiger charge is 2.14. The van der Waals surface area contributed by atoms with Crippen LogP contribution in [0.3, 0.4) is 0 Å². The Balaban J connectivity index is 2.27. The number of hydrogen-bond acceptors (Lipinski definition) is 3.